The van der Waals surface area contributed by atoms with Gasteiger partial charge in [0, 0.05) is 21.2 Å². The number of benzene rings is 3. The number of nitrogens with zero attached hydrogens (tertiary/aromatic N) is 2. The molecule has 0 saturated carbocycles. The summed E-state index contributed by atoms with van der Waals surface area (Å²) in [5.74, 6) is 0.902. The maximum atomic E-state index is 9.26. The molecule has 0 unspecified atom stereocenters. The van der Waals surface area contributed by atoms with Crippen molar-refractivity contribution < 1.29 is 9.47 Å². The van der Waals surface area contributed by atoms with Crippen molar-refractivity contribution in [2.45, 2.75) is 20.1 Å². The van der Waals surface area contributed by atoms with Crippen molar-refractivity contribution in [1.29, 1.82) is 5.26 Å². The quantitative estimate of drug-likeness (QED) is 0.271. The zero-order valence-electron chi connectivity index (χ0n) is 17.2. The molecule has 0 heterocycles. The maximum Gasteiger partial charge on any atom is 0.180 e. The molecule has 164 valence electrons. The summed E-state index contributed by atoms with van der Waals surface area (Å²) in [6.45, 7) is 2.88. The van der Waals surface area contributed by atoms with E-state index < -0.39 is 0 Å². The Kier molecular flexibility index (Phi) is 8.64. The monoisotopic (exact) mass is 487 g/mol. The first kappa shape index (κ1) is 23.7. The van der Waals surface area contributed by atoms with Crippen LogP contribution in [0.25, 0.3) is 0 Å². The second-order valence-electron chi connectivity index (χ2n) is 6.61. The van der Waals surface area contributed by atoms with Crippen LogP contribution in [0.5, 0.6) is 11.5 Å². The number of hydrogen-bond donors (Lipinski definition) is 1. The van der Waals surface area contributed by atoms with E-state index >= 15 is 0 Å². The molecule has 3 rings (SSSR count). The minimum atomic E-state index is 0.192. The van der Waals surface area contributed by atoms with Crippen molar-refractivity contribution in [2.24, 2.45) is 5.10 Å². The number of nitriles is 1. The number of halogens is 3. The van der Waals surface area contributed by atoms with Crippen LogP contribution in [-0.2, 0) is 13.2 Å². The Morgan fingerprint density at radius 3 is 2.47 bits per heavy atom. The summed E-state index contributed by atoms with van der Waals surface area (Å²) in [5, 5.41) is 15.0. The summed E-state index contributed by atoms with van der Waals surface area (Å²) in [4.78, 5) is 0. The normalized spacial score (nSPS) is 10.7. The molecule has 0 saturated heterocycles. The van der Waals surface area contributed by atoms with Crippen molar-refractivity contribution in [3.8, 4) is 17.6 Å². The lowest BCUT2D eigenvalue weighted by Gasteiger charge is -2.15. The largest absolute Gasteiger partial charge is 0.490 e. The lowest BCUT2D eigenvalue weighted by molar-refractivity contribution is 0.269. The summed E-state index contributed by atoms with van der Waals surface area (Å²) in [6, 6.07) is 18.2. The van der Waals surface area contributed by atoms with Gasteiger partial charge in [0.15, 0.2) is 11.5 Å². The van der Waals surface area contributed by atoms with Gasteiger partial charge >= 0.3 is 0 Å². The molecule has 32 heavy (non-hydrogen) atoms. The van der Waals surface area contributed by atoms with E-state index in [1.165, 1.54) is 0 Å². The van der Waals surface area contributed by atoms with Crippen LogP contribution in [0.1, 0.15) is 29.2 Å². The van der Waals surface area contributed by atoms with Gasteiger partial charge in [-0.3, -0.25) is 0 Å². The smallest absolute Gasteiger partial charge is 0.180 e. The Hall–Kier alpha value is -2.91. The fraction of sp³-hybridized carbons (Fsp3) is 0.167. The average Bonchev–Trinajstić information content (AvgIpc) is 2.78. The third-order valence-corrected chi connectivity index (χ3v) is 5.45. The van der Waals surface area contributed by atoms with Crippen LogP contribution in [0.4, 0.5) is 0 Å². The van der Waals surface area contributed by atoms with Crippen molar-refractivity contribution >= 4 is 41.0 Å². The van der Waals surface area contributed by atoms with E-state index in [0.29, 0.717) is 45.3 Å². The van der Waals surface area contributed by atoms with E-state index in [9.17, 15) is 5.26 Å². The highest BCUT2D eigenvalue weighted by atomic mass is 35.5. The molecular weight excluding hydrogens is 469 g/mol. The average molecular weight is 489 g/mol. The molecule has 0 atom stereocenters. The fourth-order valence-electron chi connectivity index (χ4n) is 2.92. The molecule has 0 aliphatic carbocycles. The highest BCUT2D eigenvalue weighted by Gasteiger charge is 2.13. The summed E-state index contributed by atoms with van der Waals surface area (Å²) >= 11 is 18.8. The Morgan fingerprint density at radius 2 is 1.75 bits per heavy atom. The van der Waals surface area contributed by atoms with Gasteiger partial charge in [0.05, 0.1) is 36.0 Å². The van der Waals surface area contributed by atoms with E-state index in [4.69, 9.17) is 44.3 Å². The summed E-state index contributed by atoms with van der Waals surface area (Å²) in [6.07, 6.45) is 1.62. The molecule has 0 aliphatic rings. The second-order valence-corrected chi connectivity index (χ2v) is 7.84. The van der Waals surface area contributed by atoms with Crippen molar-refractivity contribution in [3.05, 3.63) is 91.9 Å². The first-order valence-corrected chi connectivity index (χ1v) is 10.9. The van der Waals surface area contributed by atoms with Crippen LogP contribution in [0, 0.1) is 11.3 Å². The molecule has 0 bridgehead atoms. The van der Waals surface area contributed by atoms with Crippen LogP contribution in [-0.4, -0.2) is 12.8 Å². The summed E-state index contributed by atoms with van der Waals surface area (Å²) in [7, 11) is 0. The predicted octanol–water partition coefficient (Wildman–Crippen LogP) is 6.62. The third kappa shape index (κ3) is 6.08. The first-order chi connectivity index (χ1) is 15.5. The number of hydrogen-bond acceptors (Lipinski definition) is 5. The molecule has 0 aromatic heterocycles. The lowest BCUT2D eigenvalue weighted by Crippen LogP contribution is -2.07. The van der Waals surface area contributed by atoms with Gasteiger partial charge in [0.1, 0.15) is 6.61 Å². The van der Waals surface area contributed by atoms with Gasteiger partial charge in [-0.25, -0.2) is 0 Å². The van der Waals surface area contributed by atoms with Gasteiger partial charge in [-0.05, 0) is 42.8 Å². The van der Waals surface area contributed by atoms with Crippen LogP contribution in [0.15, 0.2) is 59.7 Å². The highest BCUT2D eigenvalue weighted by Crippen LogP contribution is 2.37. The predicted molar refractivity (Wildman–Crippen MR) is 129 cm³/mol. The molecule has 0 fully saturated rings. The molecule has 3 aromatic carbocycles. The zero-order chi connectivity index (χ0) is 22.9. The number of rotatable bonds is 9. The topological polar surface area (TPSA) is 66.6 Å². The molecule has 1 N–H and O–H groups in total. The van der Waals surface area contributed by atoms with E-state index in [0.717, 1.165) is 16.7 Å². The van der Waals surface area contributed by atoms with Gasteiger partial charge in [-0.1, -0.05) is 59.1 Å². The fourth-order valence-corrected chi connectivity index (χ4v) is 3.72. The molecule has 0 amide bonds. The number of nitrogens with one attached hydrogen (secondary N) is 1. The number of ether oxygens (including phenoxy) is 2. The molecule has 0 radical (unpaired) electrons. The Balaban J connectivity index is 1.73. The SMILES string of the molecule is CCOc1cc(/C=N/NCc2c(Cl)cccc2Cl)cc(Cl)c1OCc1ccccc1C#N. The number of hydrazone groups is 1. The summed E-state index contributed by atoms with van der Waals surface area (Å²) in [5.41, 5.74) is 5.74. The highest BCUT2D eigenvalue weighted by molar-refractivity contribution is 6.36. The second kappa shape index (κ2) is 11.6. The van der Waals surface area contributed by atoms with Gasteiger partial charge in [0.2, 0.25) is 0 Å². The first-order valence-electron chi connectivity index (χ1n) is 9.79. The van der Waals surface area contributed by atoms with E-state index in [-0.39, 0.29) is 6.61 Å². The van der Waals surface area contributed by atoms with Crippen molar-refractivity contribution in [3.63, 3.8) is 0 Å². The Morgan fingerprint density at radius 1 is 1.00 bits per heavy atom. The standard InChI is InChI=1S/C24H20Cl3N3O2/c1-2-31-23-11-16(13-29-30-14-19-20(25)8-5-9-21(19)26)10-22(27)24(23)32-15-18-7-4-3-6-17(18)12-28/h3-11,13,30H,2,14-15H2,1H3/b29-13+. The molecule has 0 spiro atoms. The molecule has 3 aromatic rings. The molecule has 5 nitrogen and oxygen atoms in total. The zero-order valence-corrected chi connectivity index (χ0v) is 19.5. The van der Waals surface area contributed by atoms with Crippen LogP contribution in [0.3, 0.4) is 0 Å². The van der Waals surface area contributed by atoms with Gasteiger partial charge in [-0.15, -0.1) is 0 Å². The summed E-state index contributed by atoms with van der Waals surface area (Å²) < 4.78 is 11.6. The Bertz CT molecular complexity index is 1140. The molecular formula is C24H20Cl3N3O2. The van der Waals surface area contributed by atoms with Gasteiger partial charge in [-0.2, -0.15) is 10.4 Å². The van der Waals surface area contributed by atoms with Gasteiger partial charge in [0.25, 0.3) is 0 Å². The van der Waals surface area contributed by atoms with Crippen LogP contribution in [0.2, 0.25) is 15.1 Å². The Labute approximate surface area is 202 Å². The van der Waals surface area contributed by atoms with E-state index in [1.54, 1.807) is 42.6 Å². The third-order valence-electron chi connectivity index (χ3n) is 4.46. The molecule has 8 heteroatoms. The van der Waals surface area contributed by atoms with Crippen molar-refractivity contribution in [2.75, 3.05) is 6.61 Å². The van der Waals surface area contributed by atoms with E-state index in [2.05, 4.69) is 16.6 Å². The lowest BCUT2D eigenvalue weighted by atomic mass is 10.1. The van der Waals surface area contributed by atoms with E-state index in [1.807, 2.05) is 25.1 Å². The van der Waals surface area contributed by atoms with Gasteiger partial charge < -0.3 is 14.9 Å². The van der Waals surface area contributed by atoms with Crippen molar-refractivity contribution in [1.82, 2.24) is 5.43 Å². The van der Waals surface area contributed by atoms with Crippen LogP contribution < -0.4 is 14.9 Å². The maximum absolute atomic E-state index is 9.26. The van der Waals surface area contributed by atoms with Crippen LogP contribution >= 0.6 is 34.8 Å². The minimum absolute atomic E-state index is 0.192. The minimum Gasteiger partial charge on any atom is -0.490 e. The molecule has 0 aliphatic heterocycles.